The smallest absolute Gasteiger partial charge is 0.124 e. The Morgan fingerprint density at radius 2 is 1.90 bits per heavy atom. The number of aldehydes is 1. The number of fused-ring (bicyclic) bond motifs is 1. The molecule has 1 heterocycles. The van der Waals surface area contributed by atoms with Gasteiger partial charge in [-0.05, 0) is 35.4 Å². The summed E-state index contributed by atoms with van der Waals surface area (Å²) in [5.41, 5.74) is 4.28. The molecule has 3 heteroatoms. The Morgan fingerprint density at radius 1 is 1.10 bits per heavy atom. The molecule has 0 aliphatic heterocycles. The lowest BCUT2D eigenvalue weighted by Gasteiger charge is -1.99. The minimum absolute atomic E-state index is 0.462. The zero-order valence-corrected chi connectivity index (χ0v) is 11.2. The van der Waals surface area contributed by atoms with Crippen molar-refractivity contribution in [2.75, 3.05) is 7.11 Å². The third-order valence-corrected chi connectivity index (χ3v) is 3.41. The number of benzene rings is 2. The first-order chi connectivity index (χ1) is 9.80. The van der Waals surface area contributed by atoms with Crippen molar-refractivity contribution in [2.24, 2.45) is 0 Å². The van der Waals surface area contributed by atoms with Gasteiger partial charge in [0.05, 0.1) is 7.11 Å². The van der Waals surface area contributed by atoms with Crippen LogP contribution in [-0.4, -0.2) is 18.4 Å². The number of aromatic nitrogens is 1. The topological polar surface area (TPSA) is 42.1 Å². The molecule has 0 saturated heterocycles. The van der Waals surface area contributed by atoms with Crippen LogP contribution >= 0.6 is 0 Å². The Kier molecular flexibility index (Phi) is 3.25. The standard InChI is InChI=1S/C17H15NO2/c1-20-15-6-7-16-14(10-15)11-17(18-16)13-4-2-12(3-5-13)8-9-19/h2-7,9-11,18H,8H2,1H3. The Labute approximate surface area is 117 Å². The number of H-pyrrole nitrogens is 1. The molecule has 0 radical (unpaired) electrons. The van der Waals surface area contributed by atoms with Crippen molar-refractivity contribution in [1.29, 1.82) is 0 Å². The van der Waals surface area contributed by atoms with Crippen molar-refractivity contribution in [3.05, 3.63) is 54.1 Å². The summed E-state index contributed by atoms with van der Waals surface area (Å²) >= 11 is 0. The Hall–Kier alpha value is -2.55. The predicted octanol–water partition coefficient (Wildman–Crippen LogP) is 3.58. The van der Waals surface area contributed by atoms with Crippen molar-refractivity contribution in [3.8, 4) is 17.0 Å². The van der Waals surface area contributed by atoms with E-state index in [1.54, 1.807) is 7.11 Å². The molecule has 20 heavy (non-hydrogen) atoms. The van der Waals surface area contributed by atoms with Gasteiger partial charge in [0.2, 0.25) is 0 Å². The first-order valence-electron chi connectivity index (χ1n) is 6.50. The maximum atomic E-state index is 10.5. The number of carbonyl (C=O) groups excluding carboxylic acids is 1. The molecule has 2 aromatic carbocycles. The first-order valence-corrected chi connectivity index (χ1v) is 6.50. The Bertz CT molecular complexity index is 741. The van der Waals surface area contributed by atoms with E-state index >= 15 is 0 Å². The van der Waals surface area contributed by atoms with Crippen LogP contribution in [0.2, 0.25) is 0 Å². The zero-order chi connectivity index (χ0) is 13.9. The van der Waals surface area contributed by atoms with E-state index in [-0.39, 0.29) is 0 Å². The lowest BCUT2D eigenvalue weighted by Crippen LogP contribution is -1.85. The van der Waals surface area contributed by atoms with Crippen molar-refractivity contribution < 1.29 is 9.53 Å². The van der Waals surface area contributed by atoms with Gasteiger partial charge in [0.25, 0.3) is 0 Å². The molecule has 1 aromatic heterocycles. The van der Waals surface area contributed by atoms with Gasteiger partial charge in [0, 0.05) is 23.0 Å². The minimum Gasteiger partial charge on any atom is -0.497 e. The number of hydrogen-bond acceptors (Lipinski definition) is 2. The molecule has 0 aliphatic carbocycles. The lowest BCUT2D eigenvalue weighted by molar-refractivity contribution is -0.107. The second kappa shape index (κ2) is 5.21. The zero-order valence-electron chi connectivity index (χ0n) is 11.2. The summed E-state index contributed by atoms with van der Waals surface area (Å²) < 4.78 is 5.23. The third-order valence-electron chi connectivity index (χ3n) is 3.41. The summed E-state index contributed by atoms with van der Waals surface area (Å²) in [5.74, 6) is 0.851. The van der Waals surface area contributed by atoms with Crippen LogP contribution < -0.4 is 4.74 Å². The van der Waals surface area contributed by atoms with Gasteiger partial charge in [0.15, 0.2) is 0 Å². The molecule has 100 valence electrons. The normalized spacial score (nSPS) is 10.7. The monoisotopic (exact) mass is 265 g/mol. The van der Waals surface area contributed by atoms with Crippen molar-refractivity contribution in [3.63, 3.8) is 0 Å². The van der Waals surface area contributed by atoms with Crippen LogP contribution in [0.4, 0.5) is 0 Å². The van der Waals surface area contributed by atoms with E-state index < -0.39 is 0 Å². The molecule has 0 aliphatic rings. The molecule has 1 N–H and O–H groups in total. The van der Waals surface area contributed by atoms with Crippen molar-refractivity contribution in [1.82, 2.24) is 4.98 Å². The van der Waals surface area contributed by atoms with Gasteiger partial charge in [-0.1, -0.05) is 24.3 Å². The number of methoxy groups -OCH3 is 1. The number of rotatable bonds is 4. The van der Waals surface area contributed by atoms with Crippen LogP contribution in [0, 0.1) is 0 Å². The molecule has 0 atom stereocenters. The second-order valence-electron chi connectivity index (χ2n) is 4.70. The summed E-state index contributed by atoms with van der Waals surface area (Å²) in [4.78, 5) is 13.9. The van der Waals surface area contributed by atoms with E-state index in [4.69, 9.17) is 4.74 Å². The summed E-state index contributed by atoms with van der Waals surface area (Å²) in [6.07, 6.45) is 1.38. The van der Waals surface area contributed by atoms with Crippen molar-refractivity contribution >= 4 is 17.2 Å². The number of aromatic amines is 1. The molecule has 0 saturated carbocycles. The first kappa shape index (κ1) is 12.5. The van der Waals surface area contributed by atoms with E-state index in [2.05, 4.69) is 11.1 Å². The number of nitrogens with one attached hydrogen (secondary N) is 1. The average molecular weight is 265 g/mol. The fourth-order valence-corrected chi connectivity index (χ4v) is 2.31. The lowest BCUT2D eigenvalue weighted by atomic mass is 10.1. The maximum Gasteiger partial charge on any atom is 0.124 e. The van der Waals surface area contributed by atoms with E-state index in [1.807, 2.05) is 42.5 Å². The van der Waals surface area contributed by atoms with Crippen molar-refractivity contribution in [2.45, 2.75) is 6.42 Å². The van der Waals surface area contributed by atoms with Gasteiger partial charge in [-0.3, -0.25) is 0 Å². The SMILES string of the molecule is COc1ccc2[nH]c(-c3ccc(CC=O)cc3)cc2c1. The Morgan fingerprint density at radius 3 is 2.60 bits per heavy atom. The van der Waals surface area contributed by atoms with Gasteiger partial charge in [-0.25, -0.2) is 0 Å². The largest absolute Gasteiger partial charge is 0.497 e. The molecular weight excluding hydrogens is 250 g/mol. The highest BCUT2D eigenvalue weighted by molar-refractivity contribution is 5.87. The van der Waals surface area contributed by atoms with Crippen LogP contribution in [0.25, 0.3) is 22.2 Å². The molecule has 3 rings (SSSR count). The van der Waals surface area contributed by atoms with Crippen LogP contribution in [0.5, 0.6) is 5.75 Å². The highest BCUT2D eigenvalue weighted by Crippen LogP contribution is 2.27. The fraction of sp³-hybridized carbons (Fsp3) is 0.118. The summed E-state index contributed by atoms with van der Waals surface area (Å²) in [5, 5.41) is 1.12. The van der Waals surface area contributed by atoms with Crippen LogP contribution in [-0.2, 0) is 11.2 Å². The minimum atomic E-state index is 0.462. The summed E-state index contributed by atoms with van der Waals surface area (Å²) in [7, 11) is 1.67. The third kappa shape index (κ3) is 2.30. The summed E-state index contributed by atoms with van der Waals surface area (Å²) in [6.45, 7) is 0. The number of carbonyl (C=O) groups is 1. The second-order valence-corrected chi connectivity index (χ2v) is 4.70. The molecule has 0 spiro atoms. The van der Waals surface area contributed by atoms with Gasteiger partial charge < -0.3 is 14.5 Å². The summed E-state index contributed by atoms with van der Waals surface area (Å²) in [6, 6.07) is 16.1. The van der Waals surface area contributed by atoms with Crippen LogP contribution in [0.15, 0.2) is 48.5 Å². The van der Waals surface area contributed by atoms with E-state index in [0.717, 1.165) is 39.8 Å². The van der Waals surface area contributed by atoms with Crippen LogP contribution in [0.1, 0.15) is 5.56 Å². The van der Waals surface area contributed by atoms with Gasteiger partial charge in [-0.2, -0.15) is 0 Å². The highest BCUT2D eigenvalue weighted by atomic mass is 16.5. The molecule has 3 nitrogen and oxygen atoms in total. The maximum absolute atomic E-state index is 10.5. The molecule has 0 fully saturated rings. The van der Waals surface area contributed by atoms with Gasteiger partial charge in [0.1, 0.15) is 12.0 Å². The average Bonchev–Trinajstić information content (AvgIpc) is 2.91. The van der Waals surface area contributed by atoms with E-state index in [1.165, 1.54) is 0 Å². The molecule has 0 amide bonds. The molecular formula is C17H15NO2. The molecule has 0 unspecified atom stereocenters. The number of hydrogen-bond donors (Lipinski definition) is 1. The molecule has 0 bridgehead atoms. The fourth-order valence-electron chi connectivity index (χ4n) is 2.31. The quantitative estimate of drug-likeness (QED) is 0.732. The highest BCUT2D eigenvalue weighted by Gasteiger charge is 2.04. The Balaban J connectivity index is 1.98. The molecule has 3 aromatic rings. The van der Waals surface area contributed by atoms with E-state index in [0.29, 0.717) is 6.42 Å². The van der Waals surface area contributed by atoms with Crippen LogP contribution in [0.3, 0.4) is 0 Å². The number of ether oxygens (including phenoxy) is 1. The van der Waals surface area contributed by atoms with Gasteiger partial charge >= 0.3 is 0 Å². The predicted molar refractivity (Wildman–Crippen MR) is 80.1 cm³/mol. The van der Waals surface area contributed by atoms with E-state index in [9.17, 15) is 4.79 Å². The van der Waals surface area contributed by atoms with Gasteiger partial charge in [-0.15, -0.1) is 0 Å².